The summed E-state index contributed by atoms with van der Waals surface area (Å²) in [6.07, 6.45) is 2.12. The van der Waals surface area contributed by atoms with Gasteiger partial charge in [0.25, 0.3) is 0 Å². The van der Waals surface area contributed by atoms with Gasteiger partial charge in [-0.3, -0.25) is 9.59 Å². The fraction of sp³-hybridized carbons (Fsp3) is 0.867. The summed E-state index contributed by atoms with van der Waals surface area (Å²) in [4.78, 5) is 26.9. The zero-order valence-electron chi connectivity index (χ0n) is 12.6. The Bertz CT molecular complexity index is 374. The molecule has 1 aliphatic heterocycles. The lowest BCUT2D eigenvalue weighted by molar-refractivity contribution is -0.155. The summed E-state index contributed by atoms with van der Waals surface area (Å²) in [5.41, 5.74) is 0. The standard InChI is InChI=1S/C15H26N2O2/c1-8(2)10(5)17-13(9(3)4)14(18)16-12(15(17)19)11-6-7-11/h8-13H,6-7H2,1-5H3,(H,16,18). The summed E-state index contributed by atoms with van der Waals surface area (Å²) in [6, 6.07) is -0.490. The molecule has 0 bridgehead atoms. The normalized spacial score (nSPS) is 29.9. The van der Waals surface area contributed by atoms with Crippen LogP contribution in [-0.2, 0) is 9.59 Å². The van der Waals surface area contributed by atoms with Crippen molar-refractivity contribution >= 4 is 11.8 Å². The van der Waals surface area contributed by atoms with Crippen LogP contribution < -0.4 is 5.32 Å². The third kappa shape index (κ3) is 2.63. The first-order valence-corrected chi connectivity index (χ1v) is 7.47. The van der Waals surface area contributed by atoms with Gasteiger partial charge in [-0.25, -0.2) is 0 Å². The molecule has 2 fully saturated rings. The molecule has 1 N–H and O–H groups in total. The highest BCUT2D eigenvalue weighted by Gasteiger charge is 2.49. The Hall–Kier alpha value is -1.06. The van der Waals surface area contributed by atoms with E-state index in [9.17, 15) is 9.59 Å². The molecular formula is C15H26N2O2. The van der Waals surface area contributed by atoms with Crippen LogP contribution in [0, 0.1) is 17.8 Å². The van der Waals surface area contributed by atoms with Crippen LogP contribution in [0.4, 0.5) is 0 Å². The molecule has 0 spiro atoms. The third-order valence-corrected chi connectivity index (χ3v) is 4.52. The van der Waals surface area contributed by atoms with E-state index >= 15 is 0 Å². The molecule has 2 aliphatic rings. The van der Waals surface area contributed by atoms with Gasteiger partial charge in [0.05, 0.1) is 0 Å². The maximum absolute atomic E-state index is 12.7. The molecule has 2 rings (SSSR count). The first-order chi connectivity index (χ1) is 8.84. The average molecular weight is 266 g/mol. The second-order valence-electron chi connectivity index (χ2n) is 6.74. The van der Waals surface area contributed by atoms with E-state index in [1.807, 2.05) is 18.7 Å². The summed E-state index contributed by atoms with van der Waals surface area (Å²) in [5.74, 6) is 1.02. The number of piperazine rings is 1. The van der Waals surface area contributed by atoms with Crippen LogP contribution in [0.1, 0.15) is 47.5 Å². The number of nitrogens with zero attached hydrogens (tertiary/aromatic N) is 1. The molecular weight excluding hydrogens is 240 g/mol. The summed E-state index contributed by atoms with van der Waals surface area (Å²) >= 11 is 0. The van der Waals surface area contributed by atoms with Crippen LogP contribution in [0.2, 0.25) is 0 Å². The summed E-state index contributed by atoms with van der Waals surface area (Å²) in [7, 11) is 0. The Morgan fingerprint density at radius 1 is 1.11 bits per heavy atom. The molecule has 4 heteroatoms. The SMILES string of the molecule is CC(C)C(C)N1C(=O)C(C2CC2)NC(=O)C1C(C)C. The van der Waals surface area contributed by atoms with Crippen LogP contribution in [0.25, 0.3) is 0 Å². The fourth-order valence-electron chi connectivity index (χ4n) is 2.87. The largest absolute Gasteiger partial charge is 0.342 e. The van der Waals surface area contributed by atoms with E-state index in [0.29, 0.717) is 11.8 Å². The summed E-state index contributed by atoms with van der Waals surface area (Å²) < 4.78 is 0. The number of rotatable bonds is 4. The predicted molar refractivity (Wildman–Crippen MR) is 74.4 cm³/mol. The molecule has 4 nitrogen and oxygen atoms in total. The smallest absolute Gasteiger partial charge is 0.246 e. The maximum atomic E-state index is 12.7. The summed E-state index contributed by atoms with van der Waals surface area (Å²) in [6.45, 7) is 10.3. The molecule has 0 radical (unpaired) electrons. The third-order valence-electron chi connectivity index (χ3n) is 4.52. The first-order valence-electron chi connectivity index (χ1n) is 7.47. The Kier molecular flexibility index (Phi) is 3.88. The van der Waals surface area contributed by atoms with Crippen molar-refractivity contribution in [3.63, 3.8) is 0 Å². The lowest BCUT2D eigenvalue weighted by atomic mass is 9.91. The van der Waals surface area contributed by atoms with Gasteiger partial charge >= 0.3 is 0 Å². The van der Waals surface area contributed by atoms with E-state index in [-0.39, 0.29) is 35.9 Å². The van der Waals surface area contributed by atoms with Crippen LogP contribution in [0.3, 0.4) is 0 Å². The minimum atomic E-state index is -0.320. The second-order valence-corrected chi connectivity index (χ2v) is 6.74. The average Bonchev–Trinajstić information content (AvgIpc) is 3.13. The van der Waals surface area contributed by atoms with Crippen LogP contribution in [0.15, 0.2) is 0 Å². The fourth-order valence-corrected chi connectivity index (χ4v) is 2.87. The van der Waals surface area contributed by atoms with Gasteiger partial charge in [-0.05, 0) is 37.5 Å². The number of hydrogen-bond acceptors (Lipinski definition) is 2. The highest BCUT2D eigenvalue weighted by molar-refractivity contribution is 5.97. The Balaban J connectivity index is 2.28. The van der Waals surface area contributed by atoms with Gasteiger partial charge in [-0.1, -0.05) is 27.7 Å². The van der Waals surface area contributed by atoms with Gasteiger partial charge in [-0.15, -0.1) is 0 Å². The van der Waals surface area contributed by atoms with E-state index in [0.717, 1.165) is 12.8 Å². The molecule has 108 valence electrons. The van der Waals surface area contributed by atoms with Gasteiger partial charge in [-0.2, -0.15) is 0 Å². The van der Waals surface area contributed by atoms with Crippen molar-refractivity contribution in [1.82, 2.24) is 10.2 Å². The molecule has 0 aromatic rings. The lowest BCUT2D eigenvalue weighted by Gasteiger charge is -2.45. The maximum Gasteiger partial charge on any atom is 0.246 e. The minimum absolute atomic E-state index is 0.0269. The molecule has 3 atom stereocenters. The number of hydrogen-bond donors (Lipinski definition) is 1. The number of carbonyl (C=O) groups excluding carboxylic acids is 2. The Morgan fingerprint density at radius 2 is 1.68 bits per heavy atom. The molecule has 0 aromatic carbocycles. The number of nitrogens with one attached hydrogen (secondary N) is 1. The van der Waals surface area contributed by atoms with Crippen molar-refractivity contribution < 1.29 is 9.59 Å². The first kappa shape index (κ1) is 14.4. The van der Waals surface area contributed by atoms with E-state index < -0.39 is 0 Å². The highest BCUT2D eigenvalue weighted by Crippen LogP contribution is 2.36. The van der Waals surface area contributed by atoms with Crippen molar-refractivity contribution in [3.8, 4) is 0 Å². The monoisotopic (exact) mass is 266 g/mol. The van der Waals surface area contributed by atoms with Crippen LogP contribution in [-0.4, -0.2) is 34.8 Å². The zero-order valence-corrected chi connectivity index (χ0v) is 12.6. The zero-order chi connectivity index (χ0) is 14.3. The predicted octanol–water partition coefficient (Wildman–Crippen LogP) is 1.79. The highest BCUT2D eigenvalue weighted by atomic mass is 16.2. The molecule has 0 aromatic heterocycles. The molecule has 1 heterocycles. The second kappa shape index (κ2) is 5.14. The molecule has 1 aliphatic carbocycles. The van der Waals surface area contributed by atoms with Crippen LogP contribution in [0.5, 0.6) is 0 Å². The summed E-state index contributed by atoms with van der Waals surface area (Å²) in [5, 5.41) is 2.95. The van der Waals surface area contributed by atoms with E-state index in [1.54, 1.807) is 0 Å². The van der Waals surface area contributed by atoms with Crippen molar-refractivity contribution in [2.45, 2.75) is 65.6 Å². The van der Waals surface area contributed by atoms with E-state index in [2.05, 4.69) is 26.1 Å². The van der Waals surface area contributed by atoms with Gasteiger partial charge in [0.2, 0.25) is 11.8 Å². The molecule has 3 unspecified atom stereocenters. The topological polar surface area (TPSA) is 49.4 Å². The molecule has 2 amide bonds. The van der Waals surface area contributed by atoms with Gasteiger partial charge in [0, 0.05) is 6.04 Å². The van der Waals surface area contributed by atoms with Crippen LogP contribution >= 0.6 is 0 Å². The van der Waals surface area contributed by atoms with Crippen molar-refractivity contribution in [1.29, 1.82) is 0 Å². The van der Waals surface area contributed by atoms with Crippen molar-refractivity contribution in [2.24, 2.45) is 17.8 Å². The van der Waals surface area contributed by atoms with Crippen molar-refractivity contribution in [3.05, 3.63) is 0 Å². The molecule has 19 heavy (non-hydrogen) atoms. The number of amides is 2. The lowest BCUT2D eigenvalue weighted by Crippen LogP contribution is -2.67. The van der Waals surface area contributed by atoms with Gasteiger partial charge in [0.15, 0.2) is 0 Å². The molecule has 1 saturated heterocycles. The van der Waals surface area contributed by atoms with E-state index in [4.69, 9.17) is 0 Å². The number of carbonyl (C=O) groups is 2. The van der Waals surface area contributed by atoms with Gasteiger partial charge in [0.1, 0.15) is 12.1 Å². The van der Waals surface area contributed by atoms with E-state index in [1.165, 1.54) is 0 Å². The van der Waals surface area contributed by atoms with Gasteiger partial charge < -0.3 is 10.2 Å². The Labute approximate surface area is 115 Å². The Morgan fingerprint density at radius 3 is 2.11 bits per heavy atom. The minimum Gasteiger partial charge on any atom is -0.342 e. The van der Waals surface area contributed by atoms with Crippen molar-refractivity contribution in [2.75, 3.05) is 0 Å². The quantitative estimate of drug-likeness (QED) is 0.843. The molecule has 1 saturated carbocycles.